The third kappa shape index (κ3) is 8.14. The van der Waals surface area contributed by atoms with Crippen LogP contribution in [-0.2, 0) is 9.53 Å². The van der Waals surface area contributed by atoms with Crippen LogP contribution in [0.25, 0.3) is 28.3 Å². The molecule has 0 bridgehead atoms. The lowest BCUT2D eigenvalue weighted by molar-refractivity contribution is -0.143. The van der Waals surface area contributed by atoms with Crippen LogP contribution >= 0.6 is 0 Å². The topological polar surface area (TPSA) is 101 Å². The number of aliphatic hydroxyl groups excluding tert-OH is 2. The molecule has 8 nitrogen and oxygen atoms in total. The van der Waals surface area contributed by atoms with Crippen LogP contribution in [0, 0.1) is 11.6 Å². The van der Waals surface area contributed by atoms with Crippen molar-refractivity contribution in [2.45, 2.75) is 51.9 Å². The minimum atomic E-state index is -1.16. The van der Waals surface area contributed by atoms with Gasteiger partial charge in [0.2, 0.25) is 0 Å². The van der Waals surface area contributed by atoms with Crippen LogP contribution in [0.2, 0.25) is 0 Å². The van der Waals surface area contributed by atoms with Crippen LogP contribution in [0.15, 0.2) is 78.9 Å². The van der Waals surface area contributed by atoms with Crippen LogP contribution in [-0.4, -0.2) is 59.6 Å². The molecule has 0 aliphatic carbocycles. The maximum absolute atomic E-state index is 14.8. The van der Waals surface area contributed by atoms with Gasteiger partial charge in [0, 0.05) is 41.5 Å². The third-order valence-electron chi connectivity index (χ3n) is 7.79. The summed E-state index contributed by atoms with van der Waals surface area (Å²) in [5.74, 6) is -1.19. The smallest absolute Gasteiger partial charge is 0.308 e. The van der Waals surface area contributed by atoms with Gasteiger partial charge in [0.25, 0.3) is 5.91 Å². The Hall–Kier alpha value is -4.80. The van der Waals surface area contributed by atoms with E-state index in [0.717, 1.165) is 0 Å². The van der Waals surface area contributed by atoms with Gasteiger partial charge in [-0.25, -0.2) is 8.78 Å². The zero-order valence-corrected chi connectivity index (χ0v) is 27.1. The molecule has 0 saturated carbocycles. The van der Waals surface area contributed by atoms with E-state index in [4.69, 9.17) is 4.74 Å². The summed E-state index contributed by atoms with van der Waals surface area (Å²) in [6.07, 6.45) is 0.400. The van der Waals surface area contributed by atoms with Gasteiger partial charge < -0.3 is 29.2 Å². The number of benzene rings is 3. The predicted octanol–water partition coefficient (Wildman–Crippen LogP) is 7.04. The molecule has 0 fully saturated rings. The number of amides is 1. The summed E-state index contributed by atoms with van der Waals surface area (Å²) in [4.78, 5) is 28.0. The number of hydrogen-bond donors (Lipinski definition) is 2. The SMILES string of the molecule is CCN(C(=O)c1c(-c2ccc(F)cc2)c(-c2ccc(F)cc2)c(C=CC(O)CC(O)CC(=O)OC)n1C(C)C)c1ccc(OC)cc1. The lowest BCUT2D eigenvalue weighted by Gasteiger charge is -2.25. The fraction of sp³-hybridized carbons (Fsp3) is 0.297. The van der Waals surface area contributed by atoms with Crippen molar-refractivity contribution in [2.75, 3.05) is 25.7 Å². The van der Waals surface area contributed by atoms with Gasteiger partial charge in [-0.05, 0) is 86.5 Å². The van der Waals surface area contributed by atoms with Gasteiger partial charge in [-0.15, -0.1) is 0 Å². The number of methoxy groups -OCH3 is 2. The number of rotatable bonds is 13. The molecule has 0 aliphatic heterocycles. The molecule has 3 aromatic carbocycles. The van der Waals surface area contributed by atoms with Crippen LogP contribution in [0.5, 0.6) is 5.75 Å². The van der Waals surface area contributed by atoms with Gasteiger partial charge in [-0.3, -0.25) is 9.59 Å². The number of hydrogen-bond acceptors (Lipinski definition) is 6. The van der Waals surface area contributed by atoms with Crippen molar-refractivity contribution in [3.05, 3.63) is 102 Å². The Morgan fingerprint density at radius 1 is 0.872 bits per heavy atom. The highest BCUT2D eigenvalue weighted by Crippen LogP contribution is 2.43. The molecule has 0 aliphatic rings. The fourth-order valence-electron chi connectivity index (χ4n) is 5.58. The van der Waals surface area contributed by atoms with Crippen molar-refractivity contribution in [3.8, 4) is 28.0 Å². The number of ether oxygens (including phenoxy) is 2. The van der Waals surface area contributed by atoms with E-state index < -0.39 is 29.8 Å². The Bertz CT molecular complexity index is 1700. The van der Waals surface area contributed by atoms with Gasteiger partial charge in [0.15, 0.2) is 0 Å². The first-order valence-electron chi connectivity index (χ1n) is 15.4. The average molecular weight is 647 g/mol. The quantitative estimate of drug-likeness (QED) is 0.151. The van der Waals surface area contributed by atoms with Crippen molar-refractivity contribution >= 4 is 23.6 Å². The van der Waals surface area contributed by atoms with E-state index in [1.165, 1.54) is 37.5 Å². The van der Waals surface area contributed by atoms with Crippen molar-refractivity contribution < 1.29 is 38.1 Å². The van der Waals surface area contributed by atoms with Gasteiger partial charge in [0.05, 0.1) is 32.8 Å². The Morgan fingerprint density at radius 3 is 1.91 bits per heavy atom. The molecule has 1 aromatic heterocycles. The number of halogens is 2. The molecule has 1 amide bonds. The van der Waals surface area contributed by atoms with Crippen molar-refractivity contribution in [3.63, 3.8) is 0 Å². The minimum absolute atomic E-state index is 0.141. The molecule has 47 heavy (non-hydrogen) atoms. The van der Waals surface area contributed by atoms with Gasteiger partial charge in [-0.1, -0.05) is 30.3 Å². The Balaban J connectivity index is 2.00. The first kappa shape index (κ1) is 35.1. The summed E-state index contributed by atoms with van der Waals surface area (Å²) in [6, 6.07) is 18.5. The number of esters is 1. The van der Waals surface area contributed by atoms with Crippen LogP contribution < -0.4 is 9.64 Å². The Kier molecular flexibility index (Phi) is 11.7. The Morgan fingerprint density at radius 2 is 1.43 bits per heavy atom. The minimum Gasteiger partial charge on any atom is -0.497 e. The van der Waals surface area contributed by atoms with E-state index in [1.54, 1.807) is 66.6 Å². The van der Waals surface area contributed by atoms with Crippen LogP contribution in [0.4, 0.5) is 14.5 Å². The molecular formula is C37H40F2N2O6. The number of anilines is 1. The zero-order chi connectivity index (χ0) is 34.2. The third-order valence-corrected chi connectivity index (χ3v) is 7.79. The zero-order valence-electron chi connectivity index (χ0n) is 27.1. The fourth-order valence-corrected chi connectivity index (χ4v) is 5.58. The highest BCUT2D eigenvalue weighted by molar-refractivity contribution is 6.13. The monoisotopic (exact) mass is 646 g/mol. The standard InChI is InChI=1S/C37H40F2N2O6/c1-6-40(28-15-18-31(46-4)19-16-28)37(45)36-35(25-9-13-27(39)14-10-25)34(24-7-11-26(38)12-8-24)32(41(36)23(2)3)20-17-29(42)21-30(43)22-33(44)47-5/h7-20,23,29-30,42-43H,6,21-22H2,1-5H3. The van der Waals surface area contributed by atoms with E-state index in [1.807, 2.05) is 25.3 Å². The second-order valence-electron chi connectivity index (χ2n) is 11.3. The molecule has 2 atom stereocenters. The molecule has 4 aromatic rings. The predicted molar refractivity (Wildman–Crippen MR) is 178 cm³/mol. The number of aromatic nitrogens is 1. The molecule has 2 N–H and O–H groups in total. The van der Waals surface area contributed by atoms with Crippen molar-refractivity contribution in [1.29, 1.82) is 0 Å². The van der Waals surface area contributed by atoms with Crippen LogP contribution in [0.3, 0.4) is 0 Å². The second kappa shape index (κ2) is 15.7. The van der Waals surface area contributed by atoms with Gasteiger partial charge >= 0.3 is 5.97 Å². The number of carbonyl (C=O) groups is 2. The number of nitrogens with zero attached hydrogens (tertiary/aromatic N) is 2. The first-order valence-corrected chi connectivity index (χ1v) is 15.4. The van der Waals surface area contributed by atoms with Crippen molar-refractivity contribution in [2.24, 2.45) is 0 Å². The van der Waals surface area contributed by atoms with E-state index in [0.29, 0.717) is 51.6 Å². The first-order chi connectivity index (χ1) is 22.5. The summed E-state index contributed by atoms with van der Waals surface area (Å²) in [5.41, 5.74) is 3.69. The molecule has 0 saturated heterocycles. The lowest BCUT2D eigenvalue weighted by Crippen LogP contribution is -2.33. The van der Waals surface area contributed by atoms with E-state index in [-0.39, 0.29) is 24.8 Å². The Labute approximate surface area is 273 Å². The lowest BCUT2D eigenvalue weighted by atomic mass is 9.94. The largest absolute Gasteiger partial charge is 0.497 e. The molecule has 0 spiro atoms. The maximum Gasteiger partial charge on any atom is 0.308 e. The van der Waals surface area contributed by atoms with Gasteiger partial charge in [0.1, 0.15) is 23.1 Å². The van der Waals surface area contributed by atoms with E-state index in [9.17, 15) is 28.6 Å². The van der Waals surface area contributed by atoms with Crippen LogP contribution in [0.1, 0.15) is 55.8 Å². The summed E-state index contributed by atoms with van der Waals surface area (Å²) >= 11 is 0. The molecule has 10 heteroatoms. The highest BCUT2D eigenvalue weighted by atomic mass is 19.1. The molecule has 0 radical (unpaired) electrons. The van der Waals surface area contributed by atoms with Crippen molar-refractivity contribution in [1.82, 2.24) is 4.57 Å². The second-order valence-corrected chi connectivity index (χ2v) is 11.3. The summed E-state index contributed by atoms with van der Waals surface area (Å²) in [7, 11) is 2.78. The van der Waals surface area contributed by atoms with E-state index in [2.05, 4.69) is 4.74 Å². The molecular weight excluding hydrogens is 606 g/mol. The average Bonchev–Trinajstić information content (AvgIpc) is 3.40. The maximum atomic E-state index is 14.8. The number of carbonyl (C=O) groups excluding carboxylic acids is 2. The molecule has 248 valence electrons. The summed E-state index contributed by atoms with van der Waals surface area (Å²) in [6.45, 7) is 6.01. The normalized spacial score (nSPS) is 12.7. The molecule has 2 unspecified atom stereocenters. The van der Waals surface area contributed by atoms with Gasteiger partial charge in [-0.2, -0.15) is 0 Å². The summed E-state index contributed by atoms with van der Waals surface area (Å²) < 4.78 is 40.1. The molecule has 1 heterocycles. The highest BCUT2D eigenvalue weighted by Gasteiger charge is 2.32. The molecule has 4 rings (SSSR count). The number of aliphatic hydroxyl groups is 2. The van der Waals surface area contributed by atoms with E-state index >= 15 is 0 Å². The summed E-state index contributed by atoms with van der Waals surface area (Å²) in [5, 5.41) is 21.2.